The lowest BCUT2D eigenvalue weighted by molar-refractivity contribution is -0.694. The minimum Gasteiger partial charge on any atom is -0.193 e. The SMILES string of the molecule is CC[n+]1csc(-c2ccc(-c3ccccc3)cc2)c1C. The van der Waals surface area contributed by atoms with Crippen LogP contribution >= 0.6 is 11.3 Å². The van der Waals surface area contributed by atoms with Gasteiger partial charge in [-0.1, -0.05) is 65.9 Å². The van der Waals surface area contributed by atoms with Crippen LogP contribution in [0.1, 0.15) is 12.6 Å². The van der Waals surface area contributed by atoms with Gasteiger partial charge in [0.1, 0.15) is 11.4 Å². The van der Waals surface area contributed by atoms with Gasteiger partial charge in [-0.05, 0) is 23.6 Å². The first-order valence-corrected chi connectivity index (χ1v) is 7.81. The molecule has 0 saturated carbocycles. The molecule has 1 aromatic heterocycles. The number of hydrogen-bond acceptors (Lipinski definition) is 1. The van der Waals surface area contributed by atoms with Gasteiger partial charge in [-0.3, -0.25) is 0 Å². The van der Waals surface area contributed by atoms with Crippen molar-refractivity contribution < 1.29 is 4.57 Å². The molecule has 0 bridgehead atoms. The maximum absolute atomic E-state index is 2.30. The van der Waals surface area contributed by atoms with Crippen molar-refractivity contribution in [2.24, 2.45) is 0 Å². The smallest absolute Gasteiger partial charge is 0.193 e. The number of rotatable bonds is 3. The summed E-state index contributed by atoms with van der Waals surface area (Å²) in [5.74, 6) is 0. The molecule has 3 aromatic rings. The van der Waals surface area contributed by atoms with Crippen LogP contribution in [0.2, 0.25) is 0 Å². The van der Waals surface area contributed by atoms with Crippen molar-refractivity contribution in [1.82, 2.24) is 0 Å². The highest BCUT2D eigenvalue weighted by Crippen LogP contribution is 2.28. The van der Waals surface area contributed by atoms with Crippen molar-refractivity contribution in [2.45, 2.75) is 20.4 Å². The predicted molar refractivity (Wildman–Crippen MR) is 85.8 cm³/mol. The Hall–Kier alpha value is -1.93. The fraction of sp³-hybridized carbons (Fsp3) is 0.167. The Morgan fingerprint density at radius 1 is 0.850 bits per heavy atom. The monoisotopic (exact) mass is 280 g/mol. The third kappa shape index (κ3) is 2.39. The first kappa shape index (κ1) is 13.1. The Morgan fingerprint density at radius 2 is 1.45 bits per heavy atom. The minimum absolute atomic E-state index is 1.03. The van der Waals surface area contributed by atoms with Gasteiger partial charge in [-0.2, -0.15) is 4.57 Å². The second-order valence-corrected chi connectivity index (χ2v) is 5.72. The molecule has 0 aliphatic heterocycles. The molecule has 0 unspecified atom stereocenters. The lowest BCUT2D eigenvalue weighted by atomic mass is 10.0. The molecule has 1 heterocycles. The summed E-state index contributed by atoms with van der Waals surface area (Å²) in [6.07, 6.45) is 0. The van der Waals surface area contributed by atoms with E-state index in [1.807, 2.05) is 11.3 Å². The lowest BCUT2D eigenvalue weighted by Gasteiger charge is -2.03. The van der Waals surface area contributed by atoms with Gasteiger partial charge in [0.15, 0.2) is 5.69 Å². The first-order valence-electron chi connectivity index (χ1n) is 6.93. The molecule has 20 heavy (non-hydrogen) atoms. The van der Waals surface area contributed by atoms with E-state index >= 15 is 0 Å². The van der Waals surface area contributed by atoms with Gasteiger partial charge in [-0.25, -0.2) is 0 Å². The maximum atomic E-state index is 2.30. The quantitative estimate of drug-likeness (QED) is 0.612. The van der Waals surface area contributed by atoms with Crippen molar-refractivity contribution in [3.8, 4) is 21.6 Å². The van der Waals surface area contributed by atoms with Crippen LogP contribution in [-0.2, 0) is 6.54 Å². The molecule has 0 aliphatic carbocycles. The predicted octanol–water partition coefficient (Wildman–Crippen LogP) is 4.70. The van der Waals surface area contributed by atoms with E-state index in [2.05, 4.69) is 78.5 Å². The molecule has 3 rings (SSSR count). The molecule has 0 amide bonds. The van der Waals surface area contributed by atoms with Crippen LogP contribution in [0.15, 0.2) is 60.1 Å². The average Bonchev–Trinajstić information content (AvgIpc) is 2.89. The third-order valence-electron chi connectivity index (χ3n) is 3.65. The maximum Gasteiger partial charge on any atom is 0.225 e. The molecule has 100 valence electrons. The van der Waals surface area contributed by atoms with Gasteiger partial charge < -0.3 is 0 Å². The van der Waals surface area contributed by atoms with Crippen molar-refractivity contribution in [1.29, 1.82) is 0 Å². The number of aromatic nitrogens is 1. The van der Waals surface area contributed by atoms with Crippen molar-refractivity contribution in [2.75, 3.05) is 0 Å². The van der Waals surface area contributed by atoms with E-state index in [1.165, 1.54) is 27.3 Å². The Bertz CT molecular complexity index is 696. The van der Waals surface area contributed by atoms with Crippen molar-refractivity contribution in [3.63, 3.8) is 0 Å². The molecular weight excluding hydrogens is 262 g/mol. The fourth-order valence-corrected chi connectivity index (χ4v) is 3.54. The highest BCUT2D eigenvalue weighted by molar-refractivity contribution is 7.13. The summed E-state index contributed by atoms with van der Waals surface area (Å²) in [4.78, 5) is 1.37. The van der Waals surface area contributed by atoms with Gasteiger partial charge in [0.05, 0.1) is 0 Å². The van der Waals surface area contributed by atoms with Gasteiger partial charge in [0.25, 0.3) is 0 Å². The van der Waals surface area contributed by atoms with E-state index in [-0.39, 0.29) is 0 Å². The van der Waals surface area contributed by atoms with Crippen molar-refractivity contribution >= 4 is 11.3 Å². The lowest BCUT2D eigenvalue weighted by Crippen LogP contribution is -2.32. The van der Waals surface area contributed by atoms with Gasteiger partial charge >= 0.3 is 0 Å². The molecule has 0 radical (unpaired) electrons. The van der Waals surface area contributed by atoms with E-state index in [1.54, 1.807) is 0 Å². The van der Waals surface area contributed by atoms with Gasteiger partial charge in [-0.15, -0.1) is 0 Å². The number of thiazole rings is 1. The molecule has 2 heteroatoms. The van der Waals surface area contributed by atoms with Crippen LogP contribution in [-0.4, -0.2) is 0 Å². The normalized spacial score (nSPS) is 10.7. The summed E-state index contributed by atoms with van der Waals surface area (Å²) in [6, 6.07) is 19.4. The van der Waals surface area contributed by atoms with Crippen LogP contribution in [0.3, 0.4) is 0 Å². The van der Waals surface area contributed by atoms with E-state index in [0.717, 1.165) is 6.54 Å². The van der Waals surface area contributed by atoms with Gasteiger partial charge in [0, 0.05) is 6.92 Å². The zero-order chi connectivity index (χ0) is 13.9. The Balaban J connectivity index is 1.95. The molecule has 0 aliphatic rings. The average molecular weight is 280 g/mol. The molecule has 2 aromatic carbocycles. The zero-order valence-corrected chi connectivity index (χ0v) is 12.7. The van der Waals surface area contributed by atoms with Crippen molar-refractivity contribution in [3.05, 3.63) is 65.8 Å². The second kappa shape index (κ2) is 5.59. The van der Waals surface area contributed by atoms with Gasteiger partial charge in [0.2, 0.25) is 5.51 Å². The molecule has 1 nitrogen and oxygen atoms in total. The molecule has 0 N–H and O–H groups in total. The van der Waals surface area contributed by atoms with Crippen LogP contribution < -0.4 is 4.57 Å². The Labute approximate surface area is 124 Å². The minimum atomic E-state index is 1.03. The number of hydrogen-bond donors (Lipinski definition) is 0. The summed E-state index contributed by atoms with van der Waals surface area (Å²) < 4.78 is 2.30. The summed E-state index contributed by atoms with van der Waals surface area (Å²) in [5, 5.41) is 0. The standard InChI is InChI=1S/C18H18NS/c1-3-19-13-20-18(14(19)2)17-11-9-16(10-12-17)15-7-5-4-6-8-15/h4-13H,3H2,1-2H3/q+1. The highest BCUT2D eigenvalue weighted by Gasteiger charge is 2.14. The van der Waals surface area contributed by atoms with Crippen LogP contribution in [0.5, 0.6) is 0 Å². The summed E-state index contributed by atoms with van der Waals surface area (Å²) in [6.45, 7) is 5.41. The van der Waals surface area contributed by atoms with Crippen LogP contribution in [0.4, 0.5) is 0 Å². The van der Waals surface area contributed by atoms with E-state index in [4.69, 9.17) is 0 Å². The number of benzene rings is 2. The molecule has 0 spiro atoms. The Kier molecular flexibility index (Phi) is 3.66. The highest BCUT2D eigenvalue weighted by atomic mass is 32.1. The summed E-state index contributed by atoms with van der Waals surface area (Å²) >= 11 is 1.82. The fourth-order valence-electron chi connectivity index (χ4n) is 2.44. The van der Waals surface area contributed by atoms with Crippen LogP contribution in [0.25, 0.3) is 21.6 Å². The van der Waals surface area contributed by atoms with Crippen LogP contribution in [0, 0.1) is 6.92 Å². The topological polar surface area (TPSA) is 3.88 Å². The zero-order valence-electron chi connectivity index (χ0n) is 11.8. The second-order valence-electron chi connectivity index (χ2n) is 4.87. The summed E-state index contributed by atoms with van der Waals surface area (Å²) in [7, 11) is 0. The number of aryl methyl sites for hydroxylation is 1. The largest absolute Gasteiger partial charge is 0.225 e. The third-order valence-corrected chi connectivity index (χ3v) is 4.78. The van der Waals surface area contributed by atoms with E-state index < -0.39 is 0 Å². The molecule has 0 fully saturated rings. The van der Waals surface area contributed by atoms with E-state index in [0.29, 0.717) is 0 Å². The Morgan fingerprint density at radius 3 is 2.05 bits per heavy atom. The number of nitrogens with zero attached hydrogens (tertiary/aromatic N) is 1. The molecule has 0 atom stereocenters. The van der Waals surface area contributed by atoms with E-state index in [9.17, 15) is 0 Å². The molecular formula is C18H18NS+. The first-order chi connectivity index (χ1) is 9.79. The summed E-state index contributed by atoms with van der Waals surface area (Å²) in [5.41, 5.74) is 7.40. The molecule has 0 saturated heterocycles.